The van der Waals surface area contributed by atoms with Gasteiger partial charge in [-0.2, -0.15) is 0 Å². The molecule has 0 spiro atoms. The van der Waals surface area contributed by atoms with E-state index in [0.717, 1.165) is 50.1 Å². The fourth-order valence-corrected chi connectivity index (χ4v) is 8.60. The molecule has 0 unspecified atom stereocenters. The molecule has 0 fully saturated rings. The Bertz CT molecular complexity index is 2840. The average Bonchev–Trinajstić information content (AvgIpc) is 3.74. The van der Waals surface area contributed by atoms with E-state index in [2.05, 4.69) is 169 Å². The van der Waals surface area contributed by atoms with E-state index >= 15 is 0 Å². The molecule has 0 atom stereocenters. The summed E-state index contributed by atoms with van der Waals surface area (Å²) in [6.45, 7) is 0. The molecule has 0 amide bonds. The maximum absolute atomic E-state index is 6.42. The number of hydrogen-bond acceptors (Lipinski definition) is 3. The van der Waals surface area contributed by atoms with Gasteiger partial charge >= 0.3 is 0 Å². The van der Waals surface area contributed by atoms with Gasteiger partial charge in [-0.05, 0) is 59.0 Å². The second-order valence-electron chi connectivity index (χ2n) is 12.5. The van der Waals surface area contributed by atoms with Crippen molar-refractivity contribution in [2.75, 3.05) is 4.90 Å². The van der Waals surface area contributed by atoms with Gasteiger partial charge in [-0.3, -0.25) is 0 Å². The molecule has 0 aliphatic heterocycles. The maximum Gasteiger partial charge on any atom is 0.143 e. The van der Waals surface area contributed by atoms with Gasteiger partial charge in [0.25, 0.3) is 0 Å². The highest BCUT2D eigenvalue weighted by Gasteiger charge is 2.21. The monoisotopic (exact) mass is 643 g/mol. The summed E-state index contributed by atoms with van der Waals surface area (Å²) in [5.74, 6) is 0. The van der Waals surface area contributed by atoms with Gasteiger partial charge in [-0.15, -0.1) is 11.3 Å². The van der Waals surface area contributed by atoms with Crippen LogP contribution in [0.2, 0.25) is 0 Å². The summed E-state index contributed by atoms with van der Waals surface area (Å²) in [5.41, 5.74) is 9.84. The van der Waals surface area contributed by atoms with Gasteiger partial charge in [-0.25, -0.2) is 0 Å². The Kier molecular flexibility index (Phi) is 6.39. The molecule has 0 radical (unpaired) electrons. The minimum Gasteiger partial charge on any atom is -0.455 e. The van der Waals surface area contributed by atoms with E-state index in [-0.39, 0.29) is 0 Å². The Morgan fingerprint density at radius 3 is 1.94 bits per heavy atom. The molecule has 0 saturated heterocycles. The number of rotatable bonds is 5. The number of hydrogen-bond donors (Lipinski definition) is 0. The molecule has 2 nitrogen and oxygen atoms in total. The molecule has 0 bridgehead atoms. The minimum absolute atomic E-state index is 0.911. The summed E-state index contributed by atoms with van der Waals surface area (Å²) in [5, 5.41) is 7.30. The first-order chi connectivity index (χ1) is 24.3. The number of anilines is 3. The molecule has 2 aromatic heterocycles. The Labute approximate surface area is 287 Å². The van der Waals surface area contributed by atoms with Crippen molar-refractivity contribution < 1.29 is 4.42 Å². The van der Waals surface area contributed by atoms with E-state index in [1.807, 2.05) is 23.5 Å². The fraction of sp³-hybridized carbons (Fsp3) is 0. The van der Waals surface area contributed by atoms with Crippen molar-refractivity contribution in [3.05, 3.63) is 176 Å². The van der Waals surface area contributed by atoms with Crippen LogP contribution in [-0.4, -0.2) is 0 Å². The highest BCUT2D eigenvalue weighted by molar-refractivity contribution is 7.25. The maximum atomic E-state index is 6.42. The number of thiophene rings is 1. The van der Waals surface area contributed by atoms with Gasteiger partial charge in [0.1, 0.15) is 11.2 Å². The van der Waals surface area contributed by atoms with Crippen molar-refractivity contribution in [1.29, 1.82) is 0 Å². The van der Waals surface area contributed by atoms with Crippen LogP contribution in [0.25, 0.3) is 75.1 Å². The fourth-order valence-electron chi connectivity index (χ4n) is 7.47. The average molecular weight is 644 g/mol. The molecule has 2 heterocycles. The standard InChI is InChI=1S/C46H29NOS/c1-2-14-33-30(12-1)13-9-22-40(33)47(32-28-26-31(27-29-32)34-18-10-20-38-36-16-4-7-23-42(36)48-46(34)38)41-21-6-3-15-35(41)37-19-11-25-44-45(37)39-17-5-8-24-43(39)49-44/h1-29H. The van der Waals surface area contributed by atoms with E-state index in [4.69, 9.17) is 4.42 Å². The largest absolute Gasteiger partial charge is 0.455 e. The van der Waals surface area contributed by atoms with Gasteiger partial charge in [0.15, 0.2) is 0 Å². The molecule has 0 saturated carbocycles. The topological polar surface area (TPSA) is 16.4 Å². The van der Waals surface area contributed by atoms with Gasteiger partial charge in [0.2, 0.25) is 0 Å². The SMILES string of the molecule is c1ccc(N(c2ccc(-c3cccc4c3oc3ccccc34)cc2)c2cccc3ccccc23)c(-c2cccc3sc4ccccc4c23)c1. The van der Waals surface area contributed by atoms with E-state index in [9.17, 15) is 0 Å². The molecule has 0 aliphatic carbocycles. The first-order valence-corrected chi connectivity index (χ1v) is 17.4. The van der Waals surface area contributed by atoms with Gasteiger partial charge in [-0.1, -0.05) is 133 Å². The molecule has 0 aliphatic rings. The summed E-state index contributed by atoms with van der Waals surface area (Å²) in [7, 11) is 0. The van der Waals surface area contributed by atoms with Crippen LogP contribution < -0.4 is 4.90 Å². The summed E-state index contributed by atoms with van der Waals surface area (Å²) in [4.78, 5) is 2.43. The molecule has 3 heteroatoms. The number of nitrogens with zero attached hydrogens (tertiary/aromatic N) is 1. The van der Waals surface area contributed by atoms with Crippen LogP contribution in [0.5, 0.6) is 0 Å². The van der Waals surface area contributed by atoms with E-state index in [1.54, 1.807) is 0 Å². The number of fused-ring (bicyclic) bond motifs is 7. The molecule has 10 rings (SSSR count). The zero-order valence-electron chi connectivity index (χ0n) is 26.5. The first-order valence-electron chi connectivity index (χ1n) is 16.6. The Hall–Kier alpha value is -6.16. The highest BCUT2D eigenvalue weighted by Crippen LogP contribution is 2.47. The van der Waals surface area contributed by atoms with Crippen LogP contribution in [0.15, 0.2) is 180 Å². The molecular formula is C46H29NOS. The summed E-state index contributed by atoms with van der Waals surface area (Å²) >= 11 is 1.86. The second kappa shape index (κ2) is 11.2. The van der Waals surface area contributed by atoms with Crippen LogP contribution in [0.3, 0.4) is 0 Å². The van der Waals surface area contributed by atoms with Crippen LogP contribution in [0, 0.1) is 0 Å². The van der Waals surface area contributed by atoms with Crippen molar-refractivity contribution in [3.8, 4) is 22.3 Å². The quantitative estimate of drug-likeness (QED) is 0.186. The van der Waals surface area contributed by atoms with Crippen LogP contribution in [-0.2, 0) is 0 Å². The number of furan rings is 1. The van der Waals surface area contributed by atoms with E-state index < -0.39 is 0 Å². The lowest BCUT2D eigenvalue weighted by Crippen LogP contribution is -2.11. The van der Waals surface area contributed by atoms with Crippen molar-refractivity contribution in [2.24, 2.45) is 0 Å². The van der Waals surface area contributed by atoms with Crippen molar-refractivity contribution in [3.63, 3.8) is 0 Å². The van der Waals surface area contributed by atoms with Crippen molar-refractivity contribution in [1.82, 2.24) is 0 Å². The molecular weight excluding hydrogens is 615 g/mol. The van der Waals surface area contributed by atoms with Crippen LogP contribution in [0.4, 0.5) is 17.1 Å². The van der Waals surface area contributed by atoms with E-state index in [1.165, 1.54) is 42.1 Å². The lowest BCUT2D eigenvalue weighted by atomic mass is 9.96. The predicted molar refractivity (Wildman–Crippen MR) is 210 cm³/mol. The normalized spacial score (nSPS) is 11.7. The third-order valence-electron chi connectivity index (χ3n) is 9.69. The van der Waals surface area contributed by atoms with Gasteiger partial charge < -0.3 is 9.32 Å². The van der Waals surface area contributed by atoms with Crippen LogP contribution in [0.1, 0.15) is 0 Å². The highest BCUT2D eigenvalue weighted by atomic mass is 32.1. The van der Waals surface area contributed by atoms with Crippen molar-refractivity contribution >= 4 is 81.3 Å². The van der Waals surface area contributed by atoms with Gasteiger partial charge in [0.05, 0.1) is 11.4 Å². The van der Waals surface area contributed by atoms with Crippen molar-refractivity contribution in [2.45, 2.75) is 0 Å². The Morgan fingerprint density at radius 2 is 1.02 bits per heavy atom. The smallest absolute Gasteiger partial charge is 0.143 e. The molecule has 8 aromatic carbocycles. The minimum atomic E-state index is 0.911. The second-order valence-corrected chi connectivity index (χ2v) is 13.5. The lowest BCUT2D eigenvalue weighted by molar-refractivity contribution is 0.670. The molecule has 49 heavy (non-hydrogen) atoms. The zero-order valence-corrected chi connectivity index (χ0v) is 27.3. The number of benzene rings is 8. The summed E-state index contributed by atoms with van der Waals surface area (Å²) in [6.07, 6.45) is 0. The third-order valence-corrected chi connectivity index (χ3v) is 10.8. The predicted octanol–water partition coefficient (Wildman–Crippen LogP) is 13.9. The lowest BCUT2D eigenvalue weighted by Gasteiger charge is -2.29. The molecule has 10 aromatic rings. The van der Waals surface area contributed by atoms with Gasteiger partial charge in [0, 0.05) is 53.1 Å². The Balaban J connectivity index is 1.19. The third kappa shape index (κ3) is 4.47. The summed E-state index contributed by atoms with van der Waals surface area (Å²) in [6, 6.07) is 63.2. The summed E-state index contributed by atoms with van der Waals surface area (Å²) < 4.78 is 9.03. The Morgan fingerprint density at radius 1 is 0.408 bits per heavy atom. The molecule has 0 N–H and O–H groups in total. The first kappa shape index (κ1) is 27.9. The molecule has 230 valence electrons. The van der Waals surface area contributed by atoms with E-state index in [0.29, 0.717) is 0 Å². The van der Waals surface area contributed by atoms with Crippen LogP contribution >= 0.6 is 11.3 Å². The number of para-hydroxylation sites is 3. The zero-order chi connectivity index (χ0) is 32.3.